The summed E-state index contributed by atoms with van der Waals surface area (Å²) < 4.78 is 57.7. The summed E-state index contributed by atoms with van der Waals surface area (Å²) >= 11 is 0. The van der Waals surface area contributed by atoms with Crippen LogP contribution in [0.25, 0.3) is 0 Å². The number of rotatable bonds is 4. The highest BCUT2D eigenvalue weighted by Crippen LogP contribution is 2.26. The second kappa shape index (κ2) is 7.72. The molecule has 0 bridgehead atoms. The molecule has 2 aromatic carbocycles. The van der Waals surface area contributed by atoms with Gasteiger partial charge in [-0.2, -0.15) is 4.31 Å². The molecule has 0 atom stereocenters. The van der Waals surface area contributed by atoms with E-state index in [-0.39, 0.29) is 42.4 Å². The molecule has 0 unspecified atom stereocenters. The molecule has 0 radical (unpaired) electrons. The van der Waals surface area contributed by atoms with Crippen molar-refractivity contribution in [3.63, 3.8) is 0 Å². The van der Waals surface area contributed by atoms with Crippen molar-refractivity contribution in [3.05, 3.63) is 53.6 Å². The molecule has 7 nitrogen and oxygen atoms in total. The van der Waals surface area contributed by atoms with E-state index in [0.29, 0.717) is 11.8 Å². The number of piperazine rings is 1. The van der Waals surface area contributed by atoms with Crippen LogP contribution in [0.2, 0.25) is 0 Å². The van der Waals surface area contributed by atoms with Crippen LogP contribution in [0.4, 0.5) is 8.78 Å². The van der Waals surface area contributed by atoms with Crippen LogP contribution in [0, 0.1) is 11.6 Å². The third kappa shape index (κ3) is 3.78. The first-order valence-electron chi connectivity index (χ1n) is 8.35. The Labute approximate surface area is 160 Å². The van der Waals surface area contributed by atoms with Crippen molar-refractivity contribution in [1.82, 2.24) is 9.21 Å². The standard InChI is InChI=1S/C18H18F2N2O5S/c1-27-12-2-4-14(17(23)10-12)18(24)21-6-8-22(9-7-21)28(25,26)13-3-5-15(19)16(20)11-13/h2-5,10-11,23H,6-9H2,1H3. The number of benzene rings is 2. The van der Waals surface area contributed by atoms with Crippen LogP contribution in [0.15, 0.2) is 41.3 Å². The van der Waals surface area contributed by atoms with Gasteiger partial charge in [0, 0.05) is 32.2 Å². The molecule has 0 aliphatic carbocycles. The number of methoxy groups -OCH3 is 1. The van der Waals surface area contributed by atoms with Gasteiger partial charge in [0.05, 0.1) is 17.6 Å². The maximum absolute atomic E-state index is 13.4. The van der Waals surface area contributed by atoms with E-state index >= 15 is 0 Å². The van der Waals surface area contributed by atoms with E-state index in [4.69, 9.17) is 4.74 Å². The number of sulfonamides is 1. The largest absolute Gasteiger partial charge is 0.507 e. The van der Waals surface area contributed by atoms with Gasteiger partial charge in [-0.3, -0.25) is 4.79 Å². The number of hydrogen-bond donors (Lipinski definition) is 1. The summed E-state index contributed by atoms with van der Waals surface area (Å²) in [4.78, 5) is 13.7. The van der Waals surface area contributed by atoms with Gasteiger partial charge in [-0.05, 0) is 30.3 Å². The number of phenolic OH excluding ortho intramolecular Hbond substituents is 1. The molecule has 1 aliphatic heterocycles. The van der Waals surface area contributed by atoms with E-state index in [2.05, 4.69) is 0 Å². The Morgan fingerprint density at radius 3 is 2.29 bits per heavy atom. The lowest BCUT2D eigenvalue weighted by atomic mass is 10.1. The van der Waals surface area contributed by atoms with Gasteiger partial charge in [0.1, 0.15) is 11.5 Å². The number of nitrogens with zero attached hydrogens (tertiary/aromatic N) is 2. The quantitative estimate of drug-likeness (QED) is 0.828. The predicted octanol–water partition coefficient (Wildman–Crippen LogP) is 1.83. The Balaban J connectivity index is 1.71. The third-order valence-electron chi connectivity index (χ3n) is 4.49. The molecule has 1 aliphatic rings. The second-order valence-electron chi connectivity index (χ2n) is 6.16. The average molecular weight is 412 g/mol. The minimum Gasteiger partial charge on any atom is -0.507 e. The molecule has 2 aromatic rings. The Hall–Kier alpha value is -2.72. The van der Waals surface area contributed by atoms with Crippen LogP contribution >= 0.6 is 0 Å². The predicted molar refractivity (Wildman–Crippen MR) is 95.7 cm³/mol. The molecular formula is C18H18F2N2O5S. The van der Waals surface area contributed by atoms with E-state index in [1.165, 1.54) is 30.2 Å². The number of phenols is 1. The average Bonchev–Trinajstić information content (AvgIpc) is 2.69. The zero-order chi connectivity index (χ0) is 20.5. The first kappa shape index (κ1) is 20.0. The molecule has 0 aromatic heterocycles. The number of carbonyl (C=O) groups is 1. The Morgan fingerprint density at radius 2 is 1.71 bits per heavy atom. The van der Waals surface area contributed by atoms with Gasteiger partial charge in [0.15, 0.2) is 11.6 Å². The van der Waals surface area contributed by atoms with Gasteiger partial charge in [-0.25, -0.2) is 17.2 Å². The lowest BCUT2D eigenvalue weighted by Crippen LogP contribution is -2.50. The van der Waals surface area contributed by atoms with Crippen LogP contribution in [-0.2, 0) is 10.0 Å². The summed E-state index contributed by atoms with van der Waals surface area (Å²) in [6, 6.07) is 6.68. The SMILES string of the molecule is COc1ccc(C(=O)N2CCN(S(=O)(=O)c3ccc(F)c(F)c3)CC2)c(O)c1. The van der Waals surface area contributed by atoms with Crippen LogP contribution in [0.3, 0.4) is 0 Å². The molecular weight excluding hydrogens is 394 g/mol. The molecule has 0 spiro atoms. The Bertz CT molecular complexity index is 1010. The van der Waals surface area contributed by atoms with Crippen molar-refractivity contribution >= 4 is 15.9 Å². The lowest BCUT2D eigenvalue weighted by Gasteiger charge is -2.34. The molecule has 1 saturated heterocycles. The fourth-order valence-corrected chi connectivity index (χ4v) is 4.34. The number of aromatic hydroxyl groups is 1. The summed E-state index contributed by atoms with van der Waals surface area (Å²) in [6.07, 6.45) is 0. The van der Waals surface area contributed by atoms with Crippen molar-refractivity contribution in [1.29, 1.82) is 0 Å². The molecule has 1 heterocycles. The molecule has 3 rings (SSSR count). The number of hydrogen-bond acceptors (Lipinski definition) is 5. The highest BCUT2D eigenvalue weighted by atomic mass is 32.2. The van der Waals surface area contributed by atoms with E-state index in [1.807, 2.05) is 0 Å². The summed E-state index contributed by atoms with van der Waals surface area (Å²) in [5, 5.41) is 10.0. The van der Waals surface area contributed by atoms with Crippen molar-refractivity contribution in [3.8, 4) is 11.5 Å². The normalized spacial score (nSPS) is 15.5. The Morgan fingerprint density at radius 1 is 1.04 bits per heavy atom. The summed E-state index contributed by atoms with van der Waals surface area (Å²) in [7, 11) is -2.58. The van der Waals surface area contributed by atoms with Crippen LogP contribution in [-0.4, -0.2) is 61.9 Å². The number of carbonyl (C=O) groups excluding carboxylic acids is 1. The van der Waals surface area contributed by atoms with Gasteiger partial charge < -0.3 is 14.7 Å². The number of ether oxygens (including phenoxy) is 1. The molecule has 150 valence electrons. The van der Waals surface area contributed by atoms with Crippen LogP contribution < -0.4 is 4.74 Å². The smallest absolute Gasteiger partial charge is 0.257 e. The van der Waals surface area contributed by atoms with Crippen molar-refractivity contribution in [2.75, 3.05) is 33.3 Å². The molecule has 1 fully saturated rings. The zero-order valence-electron chi connectivity index (χ0n) is 14.9. The van der Waals surface area contributed by atoms with Crippen LogP contribution in [0.1, 0.15) is 10.4 Å². The van der Waals surface area contributed by atoms with Gasteiger partial charge in [-0.15, -0.1) is 0 Å². The fraction of sp³-hybridized carbons (Fsp3) is 0.278. The van der Waals surface area contributed by atoms with Crippen molar-refractivity contribution in [2.45, 2.75) is 4.90 Å². The summed E-state index contributed by atoms with van der Waals surface area (Å²) in [5.41, 5.74) is 0.0812. The van der Waals surface area contributed by atoms with E-state index in [9.17, 15) is 27.1 Å². The third-order valence-corrected chi connectivity index (χ3v) is 6.38. The van der Waals surface area contributed by atoms with Crippen LogP contribution in [0.5, 0.6) is 11.5 Å². The molecule has 1 amide bonds. The second-order valence-corrected chi connectivity index (χ2v) is 8.09. The summed E-state index contributed by atoms with van der Waals surface area (Å²) in [5.74, 6) is -2.65. The fourth-order valence-electron chi connectivity index (χ4n) is 2.91. The minimum atomic E-state index is -4.01. The van der Waals surface area contributed by atoms with Gasteiger partial charge in [0.25, 0.3) is 5.91 Å². The minimum absolute atomic E-state index is 0.00994. The summed E-state index contributed by atoms with van der Waals surface area (Å²) in [6.45, 7) is 0.161. The highest BCUT2D eigenvalue weighted by molar-refractivity contribution is 7.89. The lowest BCUT2D eigenvalue weighted by molar-refractivity contribution is 0.0695. The first-order valence-corrected chi connectivity index (χ1v) is 9.79. The monoisotopic (exact) mass is 412 g/mol. The zero-order valence-corrected chi connectivity index (χ0v) is 15.7. The van der Waals surface area contributed by atoms with Gasteiger partial charge in [-0.1, -0.05) is 0 Å². The van der Waals surface area contributed by atoms with E-state index < -0.39 is 27.6 Å². The number of halogens is 2. The van der Waals surface area contributed by atoms with Gasteiger partial charge in [0.2, 0.25) is 10.0 Å². The topological polar surface area (TPSA) is 87.2 Å². The molecule has 10 heteroatoms. The van der Waals surface area contributed by atoms with Gasteiger partial charge >= 0.3 is 0 Å². The maximum Gasteiger partial charge on any atom is 0.257 e. The molecule has 1 N–H and O–H groups in total. The van der Waals surface area contributed by atoms with Crippen molar-refractivity contribution < 1.29 is 31.8 Å². The highest BCUT2D eigenvalue weighted by Gasteiger charge is 2.31. The van der Waals surface area contributed by atoms with E-state index in [0.717, 1.165) is 16.4 Å². The molecule has 0 saturated carbocycles. The molecule has 28 heavy (non-hydrogen) atoms. The first-order chi connectivity index (χ1) is 13.2. The number of amides is 1. The van der Waals surface area contributed by atoms with Crippen molar-refractivity contribution in [2.24, 2.45) is 0 Å². The Kier molecular flexibility index (Phi) is 5.52. The maximum atomic E-state index is 13.4. The van der Waals surface area contributed by atoms with E-state index in [1.54, 1.807) is 0 Å².